The van der Waals surface area contributed by atoms with Gasteiger partial charge in [0.2, 0.25) is 10.0 Å². The Labute approximate surface area is 124 Å². The topological polar surface area (TPSA) is 37.4 Å². The molecule has 2 rings (SSSR count). The van der Waals surface area contributed by atoms with Gasteiger partial charge in [-0.25, -0.2) is 12.1 Å². The van der Waals surface area contributed by atoms with Crippen molar-refractivity contribution in [3.05, 3.63) is 30.3 Å². The smallest absolute Gasteiger partial charge is 0.212 e. The summed E-state index contributed by atoms with van der Waals surface area (Å²) in [7, 11) is -3.30. The Morgan fingerprint density at radius 1 is 1.21 bits per heavy atom. The monoisotopic (exact) mass is 319 g/mol. The van der Waals surface area contributed by atoms with E-state index < -0.39 is 10.0 Å². The molecule has 3 nitrogen and oxygen atoms in total. The Bertz CT molecular complexity index is 507. The van der Waals surface area contributed by atoms with Gasteiger partial charge in [-0.3, -0.25) is 0 Å². The summed E-state index contributed by atoms with van der Waals surface area (Å²) < 4.78 is 25.3. The minimum absolute atomic E-state index is 0.0479. The van der Waals surface area contributed by atoms with Crippen molar-refractivity contribution in [1.82, 2.24) is 0 Å². The van der Waals surface area contributed by atoms with Crippen molar-refractivity contribution < 1.29 is 8.42 Å². The molecule has 0 aliphatic heterocycles. The molecular formula is C13H18ClNO2S2. The Morgan fingerprint density at radius 2 is 1.84 bits per heavy atom. The second-order valence-electron chi connectivity index (χ2n) is 4.77. The Balaban J connectivity index is 2.20. The predicted octanol–water partition coefficient (Wildman–Crippen LogP) is 3.65. The van der Waals surface area contributed by atoms with Crippen molar-refractivity contribution in [3.63, 3.8) is 0 Å². The lowest BCUT2D eigenvalue weighted by Gasteiger charge is -2.31. The zero-order valence-corrected chi connectivity index (χ0v) is 13.2. The fourth-order valence-corrected chi connectivity index (χ4v) is 5.08. The molecule has 0 heterocycles. The number of para-hydroxylation sites is 1. The second kappa shape index (κ2) is 6.37. The van der Waals surface area contributed by atoms with Crippen LogP contribution in [0.2, 0.25) is 0 Å². The van der Waals surface area contributed by atoms with Gasteiger partial charge < -0.3 is 0 Å². The van der Waals surface area contributed by atoms with E-state index in [1.165, 1.54) is 21.9 Å². The maximum Gasteiger partial charge on any atom is 0.241 e. The lowest BCUT2D eigenvalue weighted by atomic mass is 10.00. The van der Waals surface area contributed by atoms with E-state index in [4.69, 9.17) is 11.6 Å². The standard InChI is InChI=1S/C13H18ClNO2S2/c1-19(16,17)15(11-7-3-2-4-8-11)18-13-10-6-5-9-12(13)14/h2-4,7-8,12-13H,5-6,9-10H2,1H3. The van der Waals surface area contributed by atoms with Gasteiger partial charge in [0.15, 0.2) is 0 Å². The SMILES string of the molecule is CS(=O)(=O)N(SC1CCCCC1Cl)c1ccccc1. The number of benzene rings is 1. The Hall–Kier alpha value is -0.390. The third kappa shape index (κ3) is 4.04. The average molecular weight is 320 g/mol. The third-order valence-electron chi connectivity index (χ3n) is 3.12. The molecule has 0 amide bonds. The maximum absolute atomic E-state index is 12.0. The largest absolute Gasteiger partial charge is 0.241 e. The van der Waals surface area contributed by atoms with Crippen LogP contribution in [0.1, 0.15) is 25.7 Å². The summed E-state index contributed by atoms with van der Waals surface area (Å²) in [5.41, 5.74) is 0.685. The van der Waals surface area contributed by atoms with E-state index in [1.807, 2.05) is 18.2 Å². The van der Waals surface area contributed by atoms with Crippen LogP contribution in [-0.2, 0) is 10.0 Å². The van der Waals surface area contributed by atoms with Gasteiger partial charge in [-0.05, 0) is 36.9 Å². The van der Waals surface area contributed by atoms with Gasteiger partial charge in [-0.2, -0.15) is 0 Å². The summed E-state index contributed by atoms with van der Waals surface area (Å²) >= 11 is 7.67. The first-order chi connectivity index (χ1) is 8.98. The van der Waals surface area contributed by atoms with Gasteiger partial charge in [-0.1, -0.05) is 31.0 Å². The van der Waals surface area contributed by atoms with Crippen LogP contribution in [0.25, 0.3) is 0 Å². The zero-order chi connectivity index (χ0) is 13.9. The molecule has 1 fully saturated rings. The fraction of sp³-hybridized carbons (Fsp3) is 0.538. The van der Waals surface area contributed by atoms with E-state index in [0.29, 0.717) is 5.69 Å². The second-order valence-corrected chi connectivity index (χ2v) is 8.57. The lowest BCUT2D eigenvalue weighted by Crippen LogP contribution is -2.31. The van der Waals surface area contributed by atoms with Crippen molar-refractivity contribution in [2.45, 2.75) is 36.3 Å². The summed E-state index contributed by atoms with van der Waals surface area (Å²) in [6.07, 6.45) is 5.42. The molecule has 0 radical (unpaired) electrons. The van der Waals surface area contributed by atoms with Crippen molar-refractivity contribution in [2.75, 3.05) is 9.97 Å². The molecule has 106 valence electrons. The highest BCUT2D eigenvalue weighted by molar-refractivity contribution is 8.14. The first-order valence-electron chi connectivity index (χ1n) is 6.34. The van der Waals surface area contributed by atoms with Crippen LogP contribution >= 0.6 is 23.5 Å². The molecule has 0 N–H and O–H groups in total. The van der Waals surface area contributed by atoms with E-state index in [0.717, 1.165) is 25.7 Å². The average Bonchev–Trinajstić information content (AvgIpc) is 2.37. The highest BCUT2D eigenvalue weighted by Crippen LogP contribution is 2.37. The molecule has 6 heteroatoms. The van der Waals surface area contributed by atoms with Crippen LogP contribution < -0.4 is 3.71 Å². The molecule has 2 unspecified atom stereocenters. The number of hydrogen-bond donors (Lipinski definition) is 0. The summed E-state index contributed by atoms with van der Waals surface area (Å²) in [5.74, 6) is 0. The van der Waals surface area contributed by atoms with Crippen LogP contribution in [-0.4, -0.2) is 25.3 Å². The molecule has 1 aliphatic carbocycles. The van der Waals surface area contributed by atoms with Gasteiger partial charge >= 0.3 is 0 Å². The van der Waals surface area contributed by atoms with Crippen molar-refractivity contribution >= 4 is 39.3 Å². The lowest BCUT2D eigenvalue weighted by molar-refractivity contribution is 0.522. The number of nitrogens with zero attached hydrogens (tertiary/aromatic N) is 1. The zero-order valence-electron chi connectivity index (χ0n) is 10.8. The molecule has 1 saturated carbocycles. The van der Waals surface area contributed by atoms with E-state index in [2.05, 4.69) is 0 Å². The van der Waals surface area contributed by atoms with Gasteiger partial charge in [0, 0.05) is 10.6 Å². The molecule has 19 heavy (non-hydrogen) atoms. The van der Waals surface area contributed by atoms with Crippen LogP contribution in [0.15, 0.2) is 30.3 Å². The molecule has 0 spiro atoms. The maximum atomic E-state index is 12.0. The molecule has 2 atom stereocenters. The minimum atomic E-state index is -3.30. The van der Waals surface area contributed by atoms with E-state index in [1.54, 1.807) is 12.1 Å². The molecule has 0 aromatic heterocycles. The summed E-state index contributed by atoms with van der Waals surface area (Å²) in [5, 5.41) is 0.206. The summed E-state index contributed by atoms with van der Waals surface area (Å²) in [6.45, 7) is 0. The number of halogens is 1. The first-order valence-corrected chi connectivity index (χ1v) is 9.47. The molecule has 1 aliphatic rings. The number of alkyl halides is 1. The number of sulfonamides is 1. The number of rotatable bonds is 4. The molecule has 0 bridgehead atoms. The van der Waals surface area contributed by atoms with Crippen LogP contribution in [0, 0.1) is 0 Å². The Kier molecular flexibility index (Phi) is 5.03. The summed E-state index contributed by atoms with van der Waals surface area (Å²) in [4.78, 5) is 0. The number of anilines is 1. The van der Waals surface area contributed by atoms with Gasteiger partial charge in [0.25, 0.3) is 0 Å². The normalized spacial score (nSPS) is 24.1. The minimum Gasteiger partial charge on any atom is -0.212 e. The van der Waals surface area contributed by atoms with Gasteiger partial charge in [-0.15, -0.1) is 11.6 Å². The van der Waals surface area contributed by atoms with Crippen LogP contribution in [0.3, 0.4) is 0 Å². The molecular weight excluding hydrogens is 302 g/mol. The van der Waals surface area contributed by atoms with E-state index in [9.17, 15) is 8.42 Å². The Morgan fingerprint density at radius 3 is 2.42 bits per heavy atom. The number of hydrogen-bond acceptors (Lipinski definition) is 3. The highest BCUT2D eigenvalue weighted by atomic mass is 35.5. The molecule has 1 aromatic carbocycles. The van der Waals surface area contributed by atoms with Gasteiger partial charge in [0.1, 0.15) is 0 Å². The van der Waals surface area contributed by atoms with Crippen molar-refractivity contribution in [3.8, 4) is 0 Å². The van der Waals surface area contributed by atoms with E-state index >= 15 is 0 Å². The van der Waals surface area contributed by atoms with Crippen molar-refractivity contribution in [2.24, 2.45) is 0 Å². The third-order valence-corrected chi connectivity index (χ3v) is 6.91. The molecule has 0 saturated heterocycles. The van der Waals surface area contributed by atoms with Crippen LogP contribution in [0.4, 0.5) is 5.69 Å². The predicted molar refractivity (Wildman–Crippen MR) is 83.3 cm³/mol. The first kappa shape index (κ1) is 15.0. The summed E-state index contributed by atoms with van der Waals surface area (Å²) in [6, 6.07) is 9.17. The van der Waals surface area contributed by atoms with Crippen LogP contribution in [0.5, 0.6) is 0 Å². The quantitative estimate of drug-likeness (QED) is 0.628. The van der Waals surface area contributed by atoms with E-state index in [-0.39, 0.29) is 10.6 Å². The van der Waals surface area contributed by atoms with Crippen molar-refractivity contribution in [1.29, 1.82) is 0 Å². The molecule has 1 aromatic rings. The highest BCUT2D eigenvalue weighted by Gasteiger charge is 2.29. The van der Waals surface area contributed by atoms with Gasteiger partial charge in [0.05, 0.1) is 11.9 Å². The fourth-order valence-electron chi connectivity index (χ4n) is 2.17.